The molecule has 27 heavy (non-hydrogen) atoms. The number of hydroxylamine groups is 1. The van der Waals surface area contributed by atoms with E-state index in [1.165, 1.54) is 28.0 Å². The molecule has 0 spiro atoms. The zero-order valence-electron chi connectivity index (χ0n) is 15.5. The number of rotatable bonds is 7. The molecule has 3 unspecified atom stereocenters. The molecule has 2 N–H and O–H groups in total. The number of hydrogen-bond acceptors (Lipinski definition) is 4. The van der Waals surface area contributed by atoms with Crippen LogP contribution in [0.25, 0.3) is 0 Å². The number of carbonyl (C=O) groups excluding carboxylic acids is 1. The third kappa shape index (κ3) is 4.62. The fourth-order valence-corrected chi connectivity index (χ4v) is 4.24. The van der Waals surface area contributed by atoms with E-state index in [1.807, 2.05) is 29.1 Å². The summed E-state index contributed by atoms with van der Waals surface area (Å²) in [6, 6.07) is 18.8. The monoisotopic (exact) mass is 380 g/mol. The largest absolute Gasteiger partial charge is 0.289 e. The summed E-state index contributed by atoms with van der Waals surface area (Å²) in [4.78, 5) is 16.7. The summed E-state index contributed by atoms with van der Waals surface area (Å²) in [5, 5.41) is 11.8. The van der Waals surface area contributed by atoms with Gasteiger partial charge < -0.3 is 0 Å². The van der Waals surface area contributed by atoms with Crippen molar-refractivity contribution in [3.05, 3.63) is 87.9 Å². The minimum atomic E-state index is -0.492. The Hall–Kier alpha value is -2.50. The fraction of sp³-hybridized carbons (Fsp3) is 0.273. The van der Waals surface area contributed by atoms with Gasteiger partial charge >= 0.3 is 0 Å². The highest BCUT2D eigenvalue weighted by Gasteiger charge is 2.30. The molecule has 4 nitrogen and oxygen atoms in total. The molecular formula is C22H24N2O2S. The predicted octanol–water partition coefficient (Wildman–Crippen LogP) is 5.02. The number of hydrogen-bond donors (Lipinski definition) is 2. The van der Waals surface area contributed by atoms with Gasteiger partial charge in [-0.3, -0.25) is 10.0 Å². The van der Waals surface area contributed by atoms with Crippen molar-refractivity contribution in [1.29, 1.82) is 0 Å². The second kappa shape index (κ2) is 8.93. The van der Waals surface area contributed by atoms with E-state index < -0.39 is 11.8 Å². The van der Waals surface area contributed by atoms with Crippen molar-refractivity contribution in [2.75, 3.05) is 0 Å². The van der Waals surface area contributed by atoms with Crippen LogP contribution in [0.4, 0.5) is 0 Å². The Labute approximate surface area is 163 Å². The van der Waals surface area contributed by atoms with Crippen LogP contribution in [-0.4, -0.2) is 16.1 Å². The van der Waals surface area contributed by atoms with E-state index in [-0.39, 0.29) is 11.8 Å². The molecule has 3 rings (SSSR count). The second-order valence-electron chi connectivity index (χ2n) is 6.85. The molecule has 140 valence electrons. The molecule has 3 atom stereocenters. The van der Waals surface area contributed by atoms with Gasteiger partial charge in [0.2, 0.25) is 0 Å². The highest BCUT2D eigenvalue weighted by atomic mass is 32.1. The van der Waals surface area contributed by atoms with Crippen molar-refractivity contribution >= 4 is 17.2 Å². The second-order valence-corrected chi connectivity index (χ2v) is 7.78. The van der Waals surface area contributed by atoms with Gasteiger partial charge in [-0.1, -0.05) is 67.1 Å². The summed E-state index contributed by atoms with van der Waals surface area (Å²) in [5.74, 6) is -0.586. The molecular weight excluding hydrogens is 356 g/mol. The summed E-state index contributed by atoms with van der Waals surface area (Å²) in [7, 11) is 0. The van der Waals surface area contributed by atoms with Gasteiger partial charge in [0.25, 0.3) is 5.91 Å². The van der Waals surface area contributed by atoms with E-state index in [1.54, 1.807) is 6.20 Å². The zero-order chi connectivity index (χ0) is 19.2. The molecule has 0 saturated heterocycles. The molecule has 0 bridgehead atoms. The molecule has 0 aliphatic heterocycles. The van der Waals surface area contributed by atoms with Crippen LogP contribution in [-0.2, 0) is 4.79 Å². The number of carbonyl (C=O) groups is 1. The Morgan fingerprint density at radius 1 is 1.11 bits per heavy atom. The molecule has 0 aliphatic rings. The number of nitrogens with zero attached hydrogens (tertiary/aromatic N) is 1. The average Bonchev–Trinajstić information content (AvgIpc) is 3.23. The third-order valence-electron chi connectivity index (χ3n) is 5.10. The van der Waals surface area contributed by atoms with Gasteiger partial charge in [0.15, 0.2) is 0 Å². The molecule has 3 aromatic rings. The Kier molecular flexibility index (Phi) is 6.37. The zero-order valence-corrected chi connectivity index (χ0v) is 16.3. The van der Waals surface area contributed by atoms with Gasteiger partial charge in [-0.25, -0.2) is 10.5 Å². The van der Waals surface area contributed by atoms with Gasteiger partial charge in [-0.05, 0) is 36.3 Å². The molecule has 1 heterocycles. The highest BCUT2D eigenvalue weighted by Crippen LogP contribution is 2.40. The summed E-state index contributed by atoms with van der Waals surface area (Å²) in [6.45, 7) is 4.27. The lowest BCUT2D eigenvalue weighted by Gasteiger charge is -2.28. The third-order valence-corrected chi connectivity index (χ3v) is 5.99. The first-order chi connectivity index (χ1) is 13.1. The maximum absolute atomic E-state index is 12.4. The lowest BCUT2D eigenvalue weighted by atomic mass is 9.77. The highest BCUT2D eigenvalue weighted by molar-refractivity contribution is 7.09. The van der Waals surface area contributed by atoms with Crippen LogP contribution < -0.4 is 5.48 Å². The van der Waals surface area contributed by atoms with Crippen LogP contribution in [0, 0.1) is 6.92 Å². The lowest BCUT2D eigenvalue weighted by Crippen LogP contribution is -2.28. The van der Waals surface area contributed by atoms with E-state index in [4.69, 9.17) is 0 Å². The van der Waals surface area contributed by atoms with Crippen molar-refractivity contribution < 1.29 is 10.0 Å². The summed E-state index contributed by atoms with van der Waals surface area (Å²) < 4.78 is 0. The van der Waals surface area contributed by atoms with Crippen LogP contribution in [0.2, 0.25) is 0 Å². The molecule has 0 fully saturated rings. The first-order valence-corrected chi connectivity index (χ1v) is 9.93. The minimum Gasteiger partial charge on any atom is -0.289 e. The number of amides is 1. The molecule has 0 radical (unpaired) electrons. The fourth-order valence-electron chi connectivity index (χ4n) is 3.49. The minimum absolute atomic E-state index is 0.111. The quantitative estimate of drug-likeness (QED) is 0.447. The standard InChI is InChI=1S/C22H24N2O2S/c1-15-8-10-17(11-9-15)16(2)19(18-6-4-3-5-7-18)14-20(21(25)24-26)22-23-12-13-27-22/h3-13,16,19-20,26H,14H2,1-2H3,(H,24,25). The maximum Gasteiger partial charge on any atom is 0.253 e. The van der Waals surface area contributed by atoms with Gasteiger partial charge in [-0.15, -0.1) is 11.3 Å². The SMILES string of the molecule is Cc1ccc(C(C)C(CC(C(=O)NO)c2nccs2)c2ccccc2)cc1. The van der Waals surface area contributed by atoms with Crippen LogP contribution in [0.3, 0.4) is 0 Å². The summed E-state index contributed by atoms with van der Waals surface area (Å²) in [5.41, 5.74) is 5.46. The van der Waals surface area contributed by atoms with Crippen molar-refractivity contribution in [2.24, 2.45) is 0 Å². The molecule has 2 aromatic carbocycles. The van der Waals surface area contributed by atoms with Crippen molar-refractivity contribution in [2.45, 2.75) is 38.0 Å². The van der Waals surface area contributed by atoms with E-state index in [9.17, 15) is 10.0 Å². The van der Waals surface area contributed by atoms with E-state index in [0.717, 1.165) is 5.01 Å². The van der Waals surface area contributed by atoms with E-state index in [0.29, 0.717) is 6.42 Å². The maximum atomic E-state index is 12.4. The van der Waals surface area contributed by atoms with Gasteiger partial charge in [0.1, 0.15) is 5.01 Å². The first kappa shape index (κ1) is 19.3. The number of aryl methyl sites for hydroxylation is 1. The topological polar surface area (TPSA) is 62.2 Å². The molecule has 1 aromatic heterocycles. The van der Waals surface area contributed by atoms with Gasteiger partial charge in [0.05, 0.1) is 5.92 Å². The van der Waals surface area contributed by atoms with E-state index in [2.05, 4.69) is 55.2 Å². The summed E-state index contributed by atoms with van der Waals surface area (Å²) >= 11 is 1.44. The predicted molar refractivity (Wildman–Crippen MR) is 108 cm³/mol. The summed E-state index contributed by atoms with van der Waals surface area (Å²) in [6.07, 6.45) is 2.26. The van der Waals surface area contributed by atoms with Crippen molar-refractivity contribution in [3.8, 4) is 0 Å². The van der Waals surface area contributed by atoms with Crippen LogP contribution in [0.1, 0.15) is 52.8 Å². The molecule has 5 heteroatoms. The van der Waals surface area contributed by atoms with Gasteiger partial charge in [-0.2, -0.15) is 0 Å². The molecule has 1 amide bonds. The first-order valence-electron chi connectivity index (χ1n) is 9.05. The number of nitrogens with one attached hydrogen (secondary N) is 1. The Balaban J connectivity index is 1.96. The Morgan fingerprint density at radius 3 is 2.41 bits per heavy atom. The molecule has 0 saturated carbocycles. The molecule has 0 aliphatic carbocycles. The number of thiazole rings is 1. The van der Waals surface area contributed by atoms with Crippen LogP contribution in [0.5, 0.6) is 0 Å². The van der Waals surface area contributed by atoms with Crippen molar-refractivity contribution in [1.82, 2.24) is 10.5 Å². The number of benzene rings is 2. The Bertz CT molecular complexity index is 848. The van der Waals surface area contributed by atoms with Crippen LogP contribution >= 0.6 is 11.3 Å². The average molecular weight is 381 g/mol. The van der Waals surface area contributed by atoms with Crippen molar-refractivity contribution in [3.63, 3.8) is 0 Å². The lowest BCUT2D eigenvalue weighted by molar-refractivity contribution is -0.131. The van der Waals surface area contributed by atoms with Gasteiger partial charge in [0, 0.05) is 11.6 Å². The van der Waals surface area contributed by atoms with Crippen LogP contribution in [0.15, 0.2) is 66.2 Å². The number of aromatic nitrogens is 1. The normalized spacial score (nSPS) is 14.3. The Morgan fingerprint density at radius 2 is 1.81 bits per heavy atom. The smallest absolute Gasteiger partial charge is 0.253 e. The van der Waals surface area contributed by atoms with E-state index >= 15 is 0 Å².